The molecule has 0 saturated heterocycles. The van der Waals surface area contributed by atoms with Gasteiger partial charge in [0, 0.05) is 11.4 Å². The molecule has 0 aliphatic heterocycles. The van der Waals surface area contributed by atoms with Crippen molar-refractivity contribution in [2.24, 2.45) is 0 Å². The fourth-order valence-corrected chi connectivity index (χ4v) is 3.76. The molecule has 3 N–H and O–H groups in total. The molecule has 0 aliphatic rings. The third-order valence-corrected chi connectivity index (χ3v) is 5.65. The second kappa shape index (κ2) is 12.8. The lowest BCUT2D eigenvalue weighted by molar-refractivity contribution is -0.138. The zero-order valence-electron chi connectivity index (χ0n) is 20.5. The summed E-state index contributed by atoms with van der Waals surface area (Å²) in [5, 5.41) is 24.4. The number of benzene rings is 4. The molecular formula is C30H27F2N3O2. The van der Waals surface area contributed by atoms with E-state index in [-0.39, 0.29) is 5.82 Å². The minimum atomic E-state index is -1.00. The second-order valence-corrected chi connectivity index (χ2v) is 8.36. The van der Waals surface area contributed by atoms with Gasteiger partial charge in [0.25, 0.3) is 0 Å². The van der Waals surface area contributed by atoms with E-state index in [9.17, 15) is 23.9 Å². The highest BCUT2D eigenvalue weighted by Gasteiger charge is 2.21. The van der Waals surface area contributed by atoms with Crippen LogP contribution in [-0.2, 0) is 4.79 Å². The number of carboxylic acid groups (broad SMARTS) is 1. The van der Waals surface area contributed by atoms with E-state index in [1.54, 1.807) is 30.3 Å². The molecule has 4 aromatic rings. The third kappa shape index (κ3) is 7.64. The van der Waals surface area contributed by atoms with Crippen molar-refractivity contribution in [2.75, 3.05) is 10.6 Å². The molecule has 0 heterocycles. The smallest absolute Gasteiger partial charge is 0.330 e. The number of hydrogen-bond donors (Lipinski definition) is 3. The van der Waals surface area contributed by atoms with Gasteiger partial charge in [0.05, 0.1) is 6.07 Å². The molecule has 5 nitrogen and oxygen atoms in total. The average molecular weight is 500 g/mol. The first kappa shape index (κ1) is 26.9. The number of aliphatic carboxylic acids is 1. The maximum atomic E-state index is 13.1. The minimum absolute atomic E-state index is 0.318. The number of carboxylic acids is 1. The number of anilines is 2. The van der Waals surface area contributed by atoms with E-state index >= 15 is 0 Å². The second-order valence-electron chi connectivity index (χ2n) is 8.36. The van der Waals surface area contributed by atoms with Crippen molar-refractivity contribution in [3.05, 3.63) is 131 Å². The molecule has 4 aromatic carbocycles. The van der Waals surface area contributed by atoms with Crippen LogP contribution in [0, 0.1) is 36.8 Å². The summed E-state index contributed by atoms with van der Waals surface area (Å²) >= 11 is 0. The van der Waals surface area contributed by atoms with Crippen molar-refractivity contribution >= 4 is 17.3 Å². The van der Waals surface area contributed by atoms with E-state index in [0.717, 1.165) is 16.7 Å². The maximum absolute atomic E-state index is 13.1. The molecule has 7 heteroatoms. The van der Waals surface area contributed by atoms with Gasteiger partial charge >= 0.3 is 5.97 Å². The number of nitrogens with one attached hydrogen (secondary N) is 2. The fourth-order valence-electron chi connectivity index (χ4n) is 3.76. The number of nitrogens with zero attached hydrogens (tertiary/aromatic N) is 1. The van der Waals surface area contributed by atoms with Gasteiger partial charge in [0.2, 0.25) is 0 Å². The molecule has 37 heavy (non-hydrogen) atoms. The van der Waals surface area contributed by atoms with Crippen molar-refractivity contribution in [2.45, 2.75) is 25.9 Å². The Balaban J connectivity index is 0.000000206. The quantitative estimate of drug-likeness (QED) is 0.251. The molecule has 4 rings (SSSR count). The molecular weight excluding hydrogens is 472 g/mol. The number of nitriles is 1. The van der Waals surface area contributed by atoms with Crippen LogP contribution in [0.15, 0.2) is 97.1 Å². The van der Waals surface area contributed by atoms with Gasteiger partial charge in [-0.25, -0.2) is 13.6 Å². The summed E-state index contributed by atoms with van der Waals surface area (Å²) < 4.78 is 26.2. The average Bonchev–Trinajstić information content (AvgIpc) is 2.87. The van der Waals surface area contributed by atoms with Crippen LogP contribution in [0.25, 0.3) is 0 Å². The van der Waals surface area contributed by atoms with Gasteiger partial charge in [-0.1, -0.05) is 60.7 Å². The first-order valence-corrected chi connectivity index (χ1v) is 11.6. The minimum Gasteiger partial charge on any atom is -0.479 e. The Morgan fingerprint density at radius 3 is 1.70 bits per heavy atom. The predicted molar refractivity (Wildman–Crippen MR) is 141 cm³/mol. The van der Waals surface area contributed by atoms with E-state index in [0.29, 0.717) is 16.9 Å². The molecule has 0 amide bonds. The van der Waals surface area contributed by atoms with Crippen molar-refractivity contribution in [3.63, 3.8) is 0 Å². The van der Waals surface area contributed by atoms with E-state index in [4.69, 9.17) is 0 Å². The largest absolute Gasteiger partial charge is 0.479 e. The van der Waals surface area contributed by atoms with Crippen LogP contribution in [0.5, 0.6) is 0 Å². The zero-order chi connectivity index (χ0) is 26.8. The van der Waals surface area contributed by atoms with Crippen LogP contribution in [0.4, 0.5) is 20.2 Å². The van der Waals surface area contributed by atoms with Crippen molar-refractivity contribution in [1.82, 2.24) is 0 Å². The summed E-state index contributed by atoms with van der Waals surface area (Å²) in [4.78, 5) is 11.4. The standard InChI is InChI=1S/C15H13FN2.C15H14FNO2/c1-11-5-2-3-8-14(11)15(10-17)18-13-7-4-6-12(16)9-13;1-10-5-2-3-8-13(10)14(15(18)19)17-12-7-4-6-11(16)9-12/h2-9,15,18H,1H3;2-9,14,17H,1H3,(H,18,19). The summed E-state index contributed by atoms with van der Waals surface area (Å²) in [6, 6.07) is 27.6. The first-order chi connectivity index (χ1) is 17.8. The van der Waals surface area contributed by atoms with E-state index < -0.39 is 23.9 Å². The molecule has 2 unspecified atom stereocenters. The van der Waals surface area contributed by atoms with Gasteiger partial charge in [0.1, 0.15) is 17.7 Å². The molecule has 0 saturated carbocycles. The first-order valence-electron chi connectivity index (χ1n) is 11.6. The molecule has 0 spiro atoms. The molecule has 2 atom stereocenters. The summed E-state index contributed by atoms with van der Waals surface area (Å²) in [5.41, 5.74) is 4.52. The van der Waals surface area contributed by atoms with E-state index in [2.05, 4.69) is 16.7 Å². The number of carbonyl (C=O) groups is 1. The predicted octanol–water partition coefficient (Wildman–Crippen LogP) is 7.18. The monoisotopic (exact) mass is 499 g/mol. The maximum Gasteiger partial charge on any atom is 0.330 e. The van der Waals surface area contributed by atoms with E-state index in [1.165, 1.54) is 30.3 Å². The topological polar surface area (TPSA) is 85.2 Å². The van der Waals surface area contributed by atoms with Crippen LogP contribution >= 0.6 is 0 Å². The molecule has 0 radical (unpaired) electrons. The van der Waals surface area contributed by atoms with Crippen LogP contribution in [0.1, 0.15) is 34.3 Å². The summed E-state index contributed by atoms with van der Waals surface area (Å²) in [6.45, 7) is 3.80. The molecule has 0 fully saturated rings. The molecule has 0 aromatic heterocycles. The van der Waals surface area contributed by atoms with Gasteiger partial charge in [-0.15, -0.1) is 0 Å². The highest BCUT2D eigenvalue weighted by atomic mass is 19.1. The number of aryl methyl sites for hydroxylation is 2. The molecule has 0 bridgehead atoms. The number of hydrogen-bond acceptors (Lipinski definition) is 4. The lowest BCUT2D eigenvalue weighted by Crippen LogP contribution is -2.21. The third-order valence-electron chi connectivity index (χ3n) is 5.65. The lowest BCUT2D eigenvalue weighted by Gasteiger charge is -2.18. The summed E-state index contributed by atoms with van der Waals surface area (Å²) in [5.74, 6) is -1.72. The fraction of sp³-hybridized carbons (Fsp3) is 0.133. The Morgan fingerprint density at radius 2 is 1.24 bits per heavy atom. The van der Waals surface area contributed by atoms with Gasteiger partial charge in [-0.05, 0) is 72.5 Å². The van der Waals surface area contributed by atoms with Crippen LogP contribution < -0.4 is 10.6 Å². The molecule has 0 aliphatic carbocycles. The van der Waals surface area contributed by atoms with Crippen LogP contribution in [-0.4, -0.2) is 11.1 Å². The van der Waals surface area contributed by atoms with Gasteiger partial charge in [-0.3, -0.25) is 0 Å². The normalized spacial score (nSPS) is 11.8. The van der Waals surface area contributed by atoms with Gasteiger partial charge in [-0.2, -0.15) is 5.26 Å². The Morgan fingerprint density at radius 1 is 0.757 bits per heavy atom. The highest BCUT2D eigenvalue weighted by molar-refractivity contribution is 5.79. The van der Waals surface area contributed by atoms with Crippen molar-refractivity contribution < 1.29 is 18.7 Å². The van der Waals surface area contributed by atoms with Crippen molar-refractivity contribution in [1.29, 1.82) is 5.26 Å². The Kier molecular flexibility index (Phi) is 9.34. The lowest BCUT2D eigenvalue weighted by atomic mass is 10.0. The zero-order valence-corrected chi connectivity index (χ0v) is 20.5. The summed E-state index contributed by atoms with van der Waals surface area (Å²) in [7, 11) is 0. The van der Waals surface area contributed by atoms with Gasteiger partial charge in [0.15, 0.2) is 6.04 Å². The molecule has 188 valence electrons. The summed E-state index contributed by atoms with van der Waals surface area (Å²) in [6.07, 6.45) is 0. The van der Waals surface area contributed by atoms with Crippen molar-refractivity contribution in [3.8, 4) is 6.07 Å². The Labute approximate surface area is 215 Å². The Hall–Kier alpha value is -4.70. The van der Waals surface area contributed by atoms with Crippen LogP contribution in [0.3, 0.4) is 0 Å². The highest BCUT2D eigenvalue weighted by Crippen LogP contribution is 2.24. The number of rotatable bonds is 7. The van der Waals surface area contributed by atoms with Gasteiger partial charge < -0.3 is 15.7 Å². The SMILES string of the molecule is Cc1ccccc1C(C#N)Nc1cccc(F)c1.Cc1ccccc1C(Nc1cccc(F)c1)C(=O)O. The van der Waals surface area contributed by atoms with Crippen LogP contribution in [0.2, 0.25) is 0 Å². The Bertz CT molecular complexity index is 1400. The number of halogens is 2. The van der Waals surface area contributed by atoms with E-state index in [1.807, 2.05) is 50.2 Å².